The van der Waals surface area contributed by atoms with Crippen LogP contribution in [-0.2, 0) is 9.53 Å². The third-order valence-electron chi connectivity index (χ3n) is 6.93. The van der Waals surface area contributed by atoms with Gasteiger partial charge < -0.3 is 18.8 Å². The number of methoxy groups -OCH3 is 1. The molecular weight excluding hydrogens is 597 g/mol. The standard InChI is InChI=1S/C31H29Cl2N3O5S/c1-6-40-25-11-8-19(13-26(25)41-7-2)28-22(30(38)39-5)16-34-31-36(28)29(37)27(42-31)14-20-12-17(3)35(18(20)4)21-9-10-23(32)24(33)15-21/h8-16,28H,6-7H2,1-5H3/b27-14+/t28-/m0/s1. The molecule has 0 unspecified atom stereocenters. The molecule has 0 fully saturated rings. The van der Waals surface area contributed by atoms with E-state index in [2.05, 4.69) is 9.56 Å². The molecule has 8 nitrogen and oxygen atoms in total. The van der Waals surface area contributed by atoms with Crippen molar-refractivity contribution < 1.29 is 19.0 Å². The molecule has 2 aromatic heterocycles. The van der Waals surface area contributed by atoms with Crippen LogP contribution in [0.25, 0.3) is 11.8 Å². The van der Waals surface area contributed by atoms with Gasteiger partial charge in [0.2, 0.25) is 0 Å². The summed E-state index contributed by atoms with van der Waals surface area (Å²) in [5.41, 5.74) is 4.25. The van der Waals surface area contributed by atoms with Gasteiger partial charge in [0, 0.05) is 23.3 Å². The number of thiazole rings is 1. The van der Waals surface area contributed by atoms with E-state index in [0.29, 0.717) is 49.7 Å². The second-order valence-electron chi connectivity index (χ2n) is 9.51. The summed E-state index contributed by atoms with van der Waals surface area (Å²) in [4.78, 5) is 31.8. The fourth-order valence-corrected chi connectivity index (χ4v) is 6.34. The van der Waals surface area contributed by atoms with Gasteiger partial charge in [0.15, 0.2) is 16.3 Å². The van der Waals surface area contributed by atoms with Crippen molar-refractivity contribution in [2.75, 3.05) is 20.3 Å². The summed E-state index contributed by atoms with van der Waals surface area (Å²) in [6.07, 6.45) is 3.32. The Hall–Kier alpha value is -3.79. The summed E-state index contributed by atoms with van der Waals surface area (Å²) < 4.78 is 20.7. The van der Waals surface area contributed by atoms with Crippen molar-refractivity contribution in [3.05, 3.63) is 106 Å². The summed E-state index contributed by atoms with van der Waals surface area (Å²) in [5.74, 6) is 0.529. The van der Waals surface area contributed by atoms with Crippen LogP contribution in [0.3, 0.4) is 0 Å². The number of esters is 1. The maximum absolute atomic E-state index is 14.0. The number of aryl methyl sites for hydroxylation is 1. The van der Waals surface area contributed by atoms with E-state index < -0.39 is 12.0 Å². The second kappa shape index (κ2) is 12.2. The van der Waals surface area contributed by atoms with Crippen molar-refractivity contribution in [3.63, 3.8) is 0 Å². The van der Waals surface area contributed by atoms with Crippen molar-refractivity contribution >= 4 is 46.6 Å². The van der Waals surface area contributed by atoms with E-state index in [4.69, 9.17) is 37.4 Å². The Balaban J connectivity index is 1.66. The minimum atomic E-state index is -0.769. The van der Waals surface area contributed by atoms with Crippen molar-refractivity contribution in [1.29, 1.82) is 0 Å². The molecule has 42 heavy (non-hydrogen) atoms. The minimum absolute atomic E-state index is 0.237. The first kappa shape index (κ1) is 29.7. The van der Waals surface area contributed by atoms with Gasteiger partial charge in [-0.3, -0.25) is 9.36 Å². The Bertz CT molecular complexity index is 1900. The fraction of sp³-hybridized carbons (Fsp3) is 0.258. The van der Waals surface area contributed by atoms with E-state index in [1.54, 1.807) is 18.2 Å². The SMILES string of the molecule is CCOc1ccc([C@H]2C(C(=O)OC)=CN=c3s/c(=C/c4cc(C)n(-c5ccc(Cl)c(Cl)c5)c4C)c(=O)n32)cc1OCC. The fourth-order valence-electron chi connectivity index (χ4n) is 5.08. The molecule has 5 rings (SSSR count). The normalized spacial score (nSPS) is 14.7. The van der Waals surface area contributed by atoms with Crippen LogP contribution in [0.5, 0.6) is 11.5 Å². The topological polar surface area (TPSA) is 84.0 Å². The van der Waals surface area contributed by atoms with E-state index in [9.17, 15) is 9.59 Å². The first-order valence-electron chi connectivity index (χ1n) is 13.3. The van der Waals surface area contributed by atoms with E-state index >= 15 is 0 Å². The number of carbonyl (C=O) groups is 1. The predicted molar refractivity (Wildman–Crippen MR) is 165 cm³/mol. The van der Waals surface area contributed by atoms with Crippen LogP contribution in [-0.4, -0.2) is 35.4 Å². The number of halogens is 2. The molecule has 0 bridgehead atoms. The minimum Gasteiger partial charge on any atom is -0.490 e. The highest BCUT2D eigenvalue weighted by molar-refractivity contribution is 7.07. The average Bonchev–Trinajstić information content (AvgIpc) is 3.44. The maximum atomic E-state index is 14.0. The summed E-state index contributed by atoms with van der Waals surface area (Å²) >= 11 is 13.7. The molecular formula is C31H29Cl2N3O5S. The predicted octanol–water partition coefficient (Wildman–Crippen LogP) is 5.53. The number of hydrogen-bond donors (Lipinski definition) is 0. The molecule has 1 aliphatic heterocycles. The Morgan fingerprint density at radius 2 is 1.76 bits per heavy atom. The van der Waals surface area contributed by atoms with Crippen molar-refractivity contribution in [1.82, 2.24) is 9.13 Å². The molecule has 0 saturated carbocycles. The summed E-state index contributed by atoms with van der Waals surface area (Å²) in [5, 5.41) is 0.936. The van der Waals surface area contributed by atoms with Gasteiger partial charge in [0.05, 0.1) is 46.5 Å². The zero-order chi connectivity index (χ0) is 30.1. The molecule has 0 aliphatic carbocycles. The quantitative estimate of drug-likeness (QED) is 0.240. The molecule has 0 N–H and O–H groups in total. The molecule has 1 atom stereocenters. The molecule has 0 spiro atoms. The Labute approximate surface area is 256 Å². The number of carbonyl (C=O) groups excluding carboxylic acids is 1. The number of fused-ring (bicyclic) bond motifs is 1. The lowest BCUT2D eigenvalue weighted by atomic mass is 9.97. The number of benzene rings is 2. The third-order valence-corrected chi connectivity index (χ3v) is 8.66. The van der Waals surface area contributed by atoms with Crippen LogP contribution in [0.1, 0.15) is 42.4 Å². The highest BCUT2D eigenvalue weighted by Gasteiger charge is 2.31. The smallest absolute Gasteiger partial charge is 0.337 e. The number of rotatable bonds is 8. The molecule has 11 heteroatoms. The molecule has 1 aliphatic rings. The molecule has 0 amide bonds. The number of hydrogen-bond acceptors (Lipinski definition) is 7. The van der Waals surface area contributed by atoms with Gasteiger partial charge in [-0.25, -0.2) is 9.79 Å². The average molecular weight is 627 g/mol. The summed E-state index contributed by atoms with van der Waals surface area (Å²) in [6, 6.07) is 12.1. The highest BCUT2D eigenvalue weighted by atomic mass is 35.5. The van der Waals surface area contributed by atoms with E-state index in [0.717, 1.165) is 22.6 Å². The Kier molecular flexibility index (Phi) is 8.63. The molecule has 4 aromatic rings. The number of nitrogens with zero attached hydrogens (tertiary/aromatic N) is 3. The Morgan fingerprint density at radius 3 is 2.45 bits per heavy atom. The first-order chi connectivity index (χ1) is 20.2. The number of ether oxygens (including phenoxy) is 3. The van der Waals surface area contributed by atoms with E-state index in [-0.39, 0.29) is 11.1 Å². The molecule has 218 valence electrons. The lowest BCUT2D eigenvalue weighted by Gasteiger charge is -2.23. The van der Waals surface area contributed by atoms with Crippen molar-refractivity contribution in [3.8, 4) is 17.2 Å². The zero-order valence-corrected chi connectivity index (χ0v) is 26.1. The largest absolute Gasteiger partial charge is 0.490 e. The molecule has 3 heterocycles. The van der Waals surface area contributed by atoms with Gasteiger partial charge in [0.1, 0.15) is 0 Å². The van der Waals surface area contributed by atoms with Gasteiger partial charge in [0.25, 0.3) is 5.56 Å². The van der Waals surface area contributed by atoms with Crippen LogP contribution >= 0.6 is 34.5 Å². The van der Waals surface area contributed by atoms with Gasteiger partial charge in [-0.15, -0.1) is 0 Å². The molecule has 0 saturated heterocycles. The zero-order valence-electron chi connectivity index (χ0n) is 23.7. The summed E-state index contributed by atoms with van der Waals surface area (Å²) in [7, 11) is 1.30. The highest BCUT2D eigenvalue weighted by Crippen LogP contribution is 2.35. The second-order valence-corrected chi connectivity index (χ2v) is 11.3. The van der Waals surface area contributed by atoms with Crippen LogP contribution in [0.2, 0.25) is 10.0 Å². The lowest BCUT2D eigenvalue weighted by molar-refractivity contribution is -0.136. The van der Waals surface area contributed by atoms with Crippen LogP contribution < -0.4 is 24.4 Å². The van der Waals surface area contributed by atoms with Crippen molar-refractivity contribution in [2.45, 2.75) is 33.7 Å². The maximum Gasteiger partial charge on any atom is 0.337 e. The van der Waals surface area contributed by atoms with Gasteiger partial charge in [-0.1, -0.05) is 40.6 Å². The molecule has 0 radical (unpaired) electrons. The summed E-state index contributed by atoms with van der Waals surface area (Å²) in [6.45, 7) is 8.62. The lowest BCUT2D eigenvalue weighted by Crippen LogP contribution is -2.39. The van der Waals surface area contributed by atoms with Crippen LogP contribution in [0.15, 0.2) is 64.0 Å². The van der Waals surface area contributed by atoms with Gasteiger partial charge in [-0.2, -0.15) is 0 Å². The van der Waals surface area contributed by atoms with E-state index in [1.807, 2.05) is 58.0 Å². The van der Waals surface area contributed by atoms with Gasteiger partial charge in [-0.05, 0) is 81.3 Å². The van der Waals surface area contributed by atoms with Crippen LogP contribution in [0.4, 0.5) is 0 Å². The monoisotopic (exact) mass is 625 g/mol. The van der Waals surface area contributed by atoms with Crippen molar-refractivity contribution in [2.24, 2.45) is 4.99 Å². The van der Waals surface area contributed by atoms with Crippen LogP contribution in [0, 0.1) is 13.8 Å². The van der Waals surface area contributed by atoms with E-state index in [1.165, 1.54) is 29.2 Å². The first-order valence-corrected chi connectivity index (χ1v) is 14.9. The number of aromatic nitrogens is 2. The van der Waals surface area contributed by atoms with Gasteiger partial charge >= 0.3 is 5.97 Å². The molecule has 2 aromatic carbocycles. The Morgan fingerprint density at radius 1 is 1.02 bits per heavy atom. The third kappa shape index (κ3) is 5.40.